The third kappa shape index (κ3) is 4.58. The molecule has 1 amide bonds. The van der Waals surface area contributed by atoms with Crippen molar-refractivity contribution in [3.8, 4) is 11.3 Å². The first-order valence-electron chi connectivity index (χ1n) is 8.74. The van der Waals surface area contributed by atoms with Crippen molar-refractivity contribution < 1.29 is 9.72 Å². The Morgan fingerprint density at radius 2 is 2.10 bits per heavy atom. The van der Waals surface area contributed by atoms with Gasteiger partial charge >= 0.3 is 0 Å². The molecule has 2 aromatic carbocycles. The number of rotatable bonds is 6. The number of hydrogen-bond acceptors (Lipinski definition) is 8. The predicted molar refractivity (Wildman–Crippen MR) is 119 cm³/mol. The average molecular weight is 473 g/mol. The summed E-state index contributed by atoms with van der Waals surface area (Å²) in [7, 11) is 1.74. The van der Waals surface area contributed by atoms with E-state index in [9.17, 15) is 14.9 Å². The Labute approximate surface area is 189 Å². The van der Waals surface area contributed by atoms with Gasteiger partial charge in [0.1, 0.15) is 6.33 Å². The van der Waals surface area contributed by atoms with Crippen molar-refractivity contribution in [1.29, 1.82) is 0 Å². The largest absolute Gasteiger partial charge is 0.311 e. The van der Waals surface area contributed by atoms with E-state index in [2.05, 4.69) is 20.5 Å². The van der Waals surface area contributed by atoms with Crippen LogP contribution in [0.2, 0.25) is 5.02 Å². The van der Waals surface area contributed by atoms with Crippen LogP contribution in [0.15, 0.2) is 64.2 Å². The first kappa shape index (κ1) is 21.0. The predicted octanol–water partition coefficient (Wildman–Crippen LogP) is 4.90. The van der Waals surface area contributed by atoms with Crippen molar-refractivity contribution in [2.45, 2.75) is 10.1 Å². The topological polar surface area (TPSA) is 116 Å². The number of amides is 1. The highest BCUT2D eigenvalue weighted by molar-refractivity contribution is 7.99. The molecule has 0 aliphatic rings. The summed E-state index contributed by atoms with van der Waals surface area (Å²) in [5.41, 5.74) is 1.33. The maximum Gasteiger partial charge on any atom is 0.284 e. The quantitative estimate of drug-likeness (QED) is 0.313. The molecule has 0 saturated heterocycles. The second kappa shape index (κ2) is 8.84. The number of aromatic nitrogens is 4. The first-order valence-corrected chi connectivity index (χ1v) is 10.8. The van der Waals surface area contributed by atoms with Gasteiger partial charge in [0.2, 0.25) is 0 Å². The van der Waals surface area contributed by atoms with Crippen LogP contribution in [-0.2, 0) is 7.05 Å². The van der Waals surface area contributed by atoms with E-state index in [1.54, 1.807) is 23.1 Å². The lowest BCUT2D eigenvalue weighted by molar-refractivity contribution is -0.387. The lowest BCUT2D eigenvalue weighted by Gasteiger charge is -2.06. The van der Waals surface area contributed by atoms with Crippen LogP contribution >= 0.6 is 34.7 Å². The highest BCUT2D eigenvalue weighted by atomic mass is 35.5. The Kier molecular flexibility index (Phi) is 5.98. The van der Waals surface area contributed by atoms with Gasteiger partial charge in [-0.2, -0.15) is 0 Å². The molecule has 2 heterocycles. The van der Waals surface area contributed by atoms with Gasteiger partial charge in [-0.25, -0.2) is 4.98 Å². The van der Waals surface area contributed by atoms with Crippen LogP contribution in [0.4, 0.5) is 10.8 Å². The van der Waals surface area contributed by atoms with E-state index < -0.39 is 10.8 Å². The van der Waals surface area contributed by atoms with E-state index in [0.29, 0.717) is 25.9 Å². The van der Waals surface area contributed by atoms with Crippen LogP contribution in [0.25, 0.3) is 11.3 Å². The third-order valence-corrected chi connectivity index (χ3v) is 6.37. The Morgan fingerprint density at radius 3 is 2.81 bits per heavy atom. The van der Waals surface area contributed by atoms with E-state index in [4.69, 9.17) is 11.6 Å². The number of anilines is 1. The summed E-state index contributed by atoms with van der Waals surface area (Å²) in [5, 5.41) is 25.1. The van der Waals surface area contributed by atoms with Gasteiger partial charge in [0.15, 0.2) is 10.3 Å². The molecule has 31 heavy (non-hydrogen) atoms. The molecule has 0 atom stereocenters. The SMILES string of the molecule is Cn1cnnc1Sc1ccc(C(=O)Nc2nc(-c3ccccc3Cl)cs2)cc1[N+](=O)[O-]. The number of carbonyl (C=O) groups excluding carboxylic acids is 1. The Morgan fingerprint density at radius 1 is 1.29 bits per heavy atom. The number of nitro groups is 1. The van der Waals surface area contributed by atoms with Gasteiger partial charge < -0.3 is 4.57 Å². The summed E-state index contributed by atoms with van der Waals surface area (Å²) in [6.07, 6.45) is 1.50. The molecule has 4 rings (SSSR count). The lowest BCUT2D eigenvalue weighted by Crippen LogP contribution is -2.12. The van der Waals surface area contributed by atoms with Gasteiger partial charge in [0, 0.05) is 34.6 Å². The van der Waals surface area contributed by atoms with Crippen LogP contribution in [0, 0.1) is 10.1 Å². The molecule has 0 fully saturated rings. The Balaban J connectivity index is 1.55. The molecular weight excluding hydrogens is 460 g/mol. The number of nitro benzene ring substituents is 1. The molecule has 0 aliphatic heterocycles. The van der Waals surface area contributed by atoms with Crippen LogP contribution in [0.3, 0.4) is 0 Å². The maximum absolute atomic E-state index is 12.7. The van der Waals surface area contributed by atoms with Crippen molar-refractivity contribution in [1.82, 2.24) is 19.7 Å². The van der Waals surface area contributed by atoms with Gasteiger partial charge in [-0.05, 0) is 30.0 Å². The van der Waals surface area contributed by atoms with E-state index in [-0.39, 0.29) is 11.3 Å². The number of nitrogens with zero attached hydrogens (tertiary/aromatic N) is 5. The van der Waals surface area contributed by atoms with Gasteiger partial charge in [0.05, 0.1) is 15.5 Å². The van der Waals surface area contributed by atoms with Crippen molar-refractivity contribution in [3.05, 3.63) is 74.9 Å². The summed E-state index contributed by atoms with van der Waals surface area (Å²) in [5.74, 6) is -0.502. The fourth-order valence-corrected chi connectivity index (χ4v) is 4.43. The zero-order valence-electron chi connectivity index (χ0n) is 15.9. The minimum atomic E-state index is -0.533. The van der Waals surface area contributed by atoms with Gasteiger partial charge in [-0.3, -0.25) is 20.2 Å². The van der Waals surface area contributed by atoms with Crippen molar-refractivity contribution in [2.24, 2.45) is 7.05 Å². The molecule has 0 bridgehead atoms. The van der Waals surface area contributed by atoms with Crippen molar-refractivity contribution in [3.63, 3.8) is 0 Å². The molecule has 12 heteroatoms. The van der Waals surface area contributed by atoms with Gasteiger partial charge in [-0.15, -0.1) is 21.5 Å². The third-order valence-electron chi connectivity index (χ3n) is 4.16. The van der Waals surface area contributed by atoms with E-state index in [1.807, 2.05) is 18.2 Å². The minimum absolute atomic E-state index is 0.142. The molecule has 1 N–H and O–H groups in total. The summed E-state index contributed by atoms with van der Waals surface area (Å²) in [4.78, 5) is 28.4. The minimum Gasteiger partial charge on any atom is -0.311 e. The number of aryl methyl sites for hydroxylation is 1. The van der Waals surface area contributed by atoms with Gasteiger partial charge in [0.25, 0.3) is 11.6 Å². The standard InChI is InChI=1S/C19H13ClN6O3S2/c1-25-10-21-24-19(25)31-16-7-6-11(8-15(16)26(28)29)17(27)23-18-22-14(9-30-18)12-4-2-3-5-13(12)20/h2-10H,1H3,(H,22,23,27). The van der Waals surface area contributed by atoms with E-state index >= 15 is 0 Å². The second-order valence-electron chi connectivity index (χ2n) is 6.24. The summed E-state index contributed by atoms with van der Waals surface area (Å²) in [6.45, 7) is 0. The van der Waals surface area contributed by atoms with E-state index in [1.165, 1.54) is 35.9 Å². The first-order chi connectivity index (χ1) is 14.9. The summed E-state index contributed by atoms with van der Waals surface area (Å²) in [6, 6.07) is 11.5. The summed E-state index contributed by atoms with van der Waals surface area (Å²) >= 11 is 8.53. The zero-order chi connectivity index (χ0) is 22.0. The fourth-order valence-electron chi connectivity index (χ4n) is 2.64. The molecular formula is C19H13ClN6O3S2. The molecule has 4 aromatic rings. The molecule has 2 aromatic heterocycles. The highest BCUT2D eigenvalue weighted by Crippen LogP contribution is 2.35. The number of benzene rings is 2. The number of thiazole rings is 1. The normalized spacial score (nSPS) is 10.8. The Bertz CT molecular complexity index is 1290. The second-order valence-corrected chi connectivity index (χ2v) is 8.51. The number of hydrogen-bond donors (Lipinski definition) is 1. The average Bonchev–Trinajstić information content (AvgIpc) is 3.37. The monoisotopic (exact) mass is 472 g/mol. The van der Waals surface area contributed by atoms with Crippen molar-refractivity contribution in [2.75, 3.05) is 5.32 Å². The number of halogens is 1. The van der Waals surface area contributed by atoms with Crippen molar-refractivity contribution >= 4 is 51.4 Å². The maximum atomic E-state index is 12.7. The number of carbonyl (C=O) groups is 1. The van der Waals surface area contributed by atoms with E-state index in [0.717, 1.165) is 17.3 Å². The van der Waals surface area contributed by atoms with Crippen LogP contribution in [-0.4, -0.2) is 30.6 Å². The highest BCUT2D eigenvalue weighted by Gasteiger charge is 2.21. The molecule has 9 nitrogen and oxygen atoms in total. The molecule has 156 valence electrons. The molecule has 0 aliphatic carbocycles. The van der Waals surface area contributed by atoms with Crippen LogP contribution in [0.5, 0.6) is 0 Å². The van der Waals surface area contributed by atoms with Crippen LogP contribution in [0.1, 0.15) is 10.4 Å². The molecule has 0 radical (unpaired) electrons. The molecule has 0 spiro atoms. The van der Waals surface area contributed by atoms with Crippen LogP contribution < -0.4 is 5.32 Å². The lowest BCUT2D eigenvalue weighted by atomic mass is 10.2. The zero-order valence-corrected chi connectivity index (χ0v) is 18.2. The molecule has 0 unspecified atom stereocenters. The fraction of sp³-hybridized carbons (Fsp3) is 0.0526. The molecule has 0 saturated carbocycles. The smallest absolute Gasteiger partial charge is 0.284 e. The van der Waals surface area contributed by atoms with Gasteiger partial charge in [-0.1, -0.05) is 29.8 Å². The Hall–Kier alpha value is -3.28. The summed E-state index contributed by atoms with van der Waals surface area (Å²) < 4.78 is 1.65. The number of nitrogens with one attached hydrogen (secondary N) is 1.